The number of halogens is 1. The second kappa shape index (κ2) is 6.69. The van der Waals surface area contributed by atoms with Crippen LogP contribution in [0.4, 0.5) is 4.39 Å². The van der Waals surface area contributed by atoms with Gasteiger partial charge in [0.2, 0.25) is 0 Å². The highest BCUT2D eigenvalue weighted by molar-refractivity contribution is 7.90. The molecule has 3 nitrogen and oxygen atoms in total. The Morgan fingerprint density at radius 2 is 1.81 bits per heavy atom. The Hall–Kier alpha value is -1.88. The van der Waals surface area contributed by atoms with Crippen molar-refractivity contribution in [2.75, 3.05) is 12.0 Å². The van der Waals surface area contributed by atoms with Crippen LogP contribution < -0.4 is 5.32 Å². The van der Waals surface area contributed by atoms with E-state index >= 15 is 0 Å². The average molecular weight is 376 g/mol. The molecule has 2 aliphatic rings. The van der Waals surface area contributed by atoms with Crippen LogP contribution in [0.5, 0.6) is 0 Å². The van der Waals surface area contributed by atoms with Gasteiger partial charge in [0, 0.05) is 24.3 Å². The Labute approximate surface area is 155 Å². The normalized spacial score (nSPS) is 26.2. The minimum absolute atomic E-state index is 0.00270. The van der Waals surface area contributed by atoms with Crippen molar-refractivity contribution in [2.24, 2.45) is 17.3 Å². The van der Waals surface area contributed by atoms with Crippen molar-refractivity contribution in [3.63, 3.8) is 0 Å². The maximum atomic E-state index is 14.8. The van der Waals surface area contributed by atoms with Crippen LogP contribution in [0.1, 0.15) is 26.3 Å². The van der Waals surface area contributed by atoms with E-state index < -0.39 is 15.3 Å². The molecule has 0 radical (unpaired) electrons. The van der Waals surface area contributed by atoms with Crippen LogP contribution >= 0.6 is 0 Å². The SMILES string of the molecule is CC(C)(C)C1=C(F)C=CC2NC=C(c3ccccc3)C(CS(C)(=O)=O)C12. The second-order valence-electron chi connectivity index (χ2n) is 8.25. The third-order valence-corrected chi connectivity index (χ3v) is 6.05. The van der Waals surface area contributed by atoms with Crippen LogP contribution in [0.3, 0.4) is 0 Å². The van der Waals surface area contributed by atoms with E-state index in [4.69, 9.17) is 0 Å². The molecule has 3 atom stereocenters. The Balaban J connectivity index is 2.16. The third-order valence-electron chi connectivity index (χ3n) is 5.09. The molecule has 1 N–H and O–H groups in total. The molecule has 0 spiro atoms. The third kappa shape index (κ3) is 3.78. The molecule has 1 aliphatic heterocycles. The number of benzene rings is 1. The number of fused-ring (bicyclic) bond motifs is 1. The zero-order chi connectivity index (χ0) is 19.1. The first-order valence-electron chi connectivity index (χ1n) is 8.85. The van der Waals surface area contributed by atoms with Gasteiger partial charge >= 0.3 is 0 Å². The summed E-state index contributed by atoms with van der Waals surface area (Å²) in [5.74, 6) is -0.788. The van der Waals surface area contributed by atoms with Gasteiger partial charge in [0.1, 0.15) is 15.7 Å². The fourth-order valence-corrected chi connectivity index (χ4v) is 5.18. The van der Waals surface area contributed by atoms with E-state index in [1.165, 1.54) is 12.3 Å². The molecular weight excluding hydrogens is 349 g/mol. The number of sulfone groups is 1. The first-order chi connectivity index (χ1) is 12.1. The maximum Gasteiger partial charge on any atom is 0.148 e. The van der Waals surface area contributed by atoms with Gasteiger partial charge in [0.25, 0.3) is 0 Å². The maximum absolute atomic E-state index is 14.8. The zero-order valence-corrected chi connectivity index (χ0v) is 16.5. The Morgan fingerprint density at radius 3 is 2.38 bits per heavy atom. The van der Waals surface area contributed by atoms with Gasteiger partial charge < -0.3 is 5.32 Å². The quantitative estimate of drug-likeness (QED) is 0.865. The van der Waals surface area contributed by atoms with Crippen molar-refractivity contribution >= 4 is 15.4 Å². The molecule has 1 aromatic carbocycles. The lowest BCUT2D eigenvalue weighted by Gasteiger charge is -2.44. The molecule has 140 valence electrons. The van der Waals surface area contributed by atoms with E-state index in [1.807, 2.05) is 63.4 Å². The number of hydrogen-bond donors (Lipinski definition) is 1. The van der Waals surface area contributed by atoms with Crippen LogP contribution in [0.15, 0.2) is 60.1 Å². The van der Waals surface area contributed by atoms with Crippen molar-refractivity contribution in [2.45, 2.75) is 26.8 Å². The Bertz CT molecular complexity index is 876. The summed E-state index contributed by atoms with van der Waals surface area (Å²) in [5, 5.41) is 3.36. The monoisotopic (exact) mass is 375 g/mol. The minimum atomic E-state index is -3.24. The van der Waals surface area contributed by atoms with E-state index in [9.17, 15) is 12.8 Å². The van der Waals surface area contributed by atoms with Crippen molar-refractivity contribution in [3.8, 4) is 0 Å². The predicted molar refractivity (Wildman–Crippen MR) is 105 cm³/mol. The first-order valence-corrected chi connectivity index (χ1v) is 10.9. The van der Waals surface area contributed by atoms with E-state index in [0.717, 1.165) is 11.1 Å². The van der Waals surface area contributed by atoms with E-state index in [0.29, 0.717) is 5.57 Å². The zero-order valence-electron chi connectivity index (χ0n) is 15.7. The molecule has 3 unspecified atom stereocenters. The lowest BCUT2D eigenvalue weighted by molar-refractivity contribution is 0.310. The van der Waals surface area contributed by atoms with Gasteiger partial charge in [-0.25, -0.2) is 12.8 Å². The topological polar surface area (TPSA) is 46.2 Å². The Morgan fingerprint density at radius 1 is 1.15 bits per heavy atom. The summed E-state index contributed by atoms with van der Waals surface area (Å²) >= 11 is 0. The molecule has 0 saturated heterocycles. The molecule has 0 saturated carbocycles. The summed E-state index contributed by atoms with van der Waals surface area (Å²) in [6, 6.07) is 9.63. The van der Waals surface area contributed by atoms with Crippen LogP contribution in [0.25, 0.3) is 5.57 Å². The molecular formula is C21H26FNO2S. The van der Waals surface area contributed by atoms with Crippen molar-refractivity contribution < 1.29 is 12.8 Å². The second-order valence-corrected chi connectivity index (χ2v) is 10.4. The molecule has 0 bridgehead atoms. The number of allylic oxidation sites excluding steroid dienone is 3. The smallest absolute Gasteiger partial charge is 0.148 e. The largest absolute Gasteiger partial charge is 0.384 e. The van der Waals surface area contributed by atoms with Gasteiger partial charge in [-0.1, -0.05) is 57.2 Å². The van der Waals surface area contributed by atoms with Gasteiger partial charge in [-0.15, -0.1) is 0 Å². The van der Waals surface area contributed by atoms with E-state index in [-0.39, 0.29) is 29.5 Å². The lowest BCUT2D eigenvalue weighted by atomic mass is 9.65. The van der Waals surface area contributed by atoms with E-state index in [1.54, 1.807) is 0 Å². The fourth-order valence-electron chi connectivity index (χ4n) is 4.14. The van der Waals surface area contributed by atoms with Gasteiger partial charge in [0.15, 0.2) is 0 Å². The van der Waals surface area contributed by atoms with Crippen LogP contribution in [-0.2, 0) is 9.84 Å². The summed E-state index contributed by atoms with van der Waals surface area (Å²) in [6.07, 6.45) is 6.47. The summed E-state index contributed by atoms with van der Waals surface area (Å²) in [6.45, 7) is 5.95. The van der Waals surface area contributed by atoms with Crippen molar-refractivity contribution in [1.29, 1.82) is 0 Å². The van der Waals surface area contributed by atoms with Gasteiger partial charge in [-0.3, -0.25) is 0 Å². The summed E-state index contributed by atoms with van der Waals surface area (Å²) in [4.78, 5) is 0. The molecule has 5 heteroatoms. The predicted octanol–water partition coefficient (Wildman–Crippen LogP) is 4.12. The van der Waals surface area contributed by atoms with Crippen LogP contribution in [0.2, 0.25) is 0 Å². The molecule has 1 aromatic rings. The summed E-state index contributed by atoms with van der Waals surface area (Å²) in [7, 11) is -3.24. The average Bonchev–Trinajstić information content (AvgIpc) is 2.53. The van der Waals surface area contributed by atoms with Crippen molar-refractivity contribution in [3.05, 3.63) is 65.6 Å². The minimum Gasteiger partial charge on any atom is -0.384 e. The molecule has 3 rings (SSSR count). The van der Waals surface area contributed by atoms with Gasteiger partial charge in [-0.05, 0) is 28.2 Å². The fraction of sp³-hybridized carbons (Fsp3) is 0.429. The number of rotatable bonds is 3. The van der Waals surface area contributed by atoms with Gasteiger partial charge in [-0.2, -0.15) is 0 Å². The summed E-state index contributed by atoms with van der Waals surface area (Å²) in [5.41, 5.74) is 2.18. The highest BCUT2D eigenvalue weighted by Crippen LogP contribution is 2.48. The lowest BCUT2D eigenvalue weighted by Crippen LogP contribution is -2.47. The van der Waals surface area contributed by atoms with Crippen LogP contribution in [-0.4, -0.2) is 26.5 Å². The molecule has 0 fully saturated rings. The number of nitrogens with one attached hydrogen (secondary N) is 1. The highest BCUT2D eigenvalue weighted by Gasteiger charge is 2.44. The first kappa shape index (κ1) is 18.9. The standard InChI is InChI=1S/C21H26FNO2S/c1-21(2,3)20-17(22)10-11-18-19(20)16(13-26(4,24)25)15(12-23-18)14-8-6-5-7-9-14/h5-12,16,18-19,23H,13H2,1-4H3. The Kier molecular flexibility index (Phi) is 4.86. The van der Waals surface area contributed by atoms with E-state index in [2.05, 4.69) is 5.32 Å². The summed E-state index contributed by atoms with van der Waals surface area (Å²) < 4.78 is 39.3. The van der Waals surface area contributed by atoms with Crippen molar-refractivity contribution in [1.82, 2.24) is 5.32 Å². The molecule has 1 aliphatic carbocycles. The highest BCUT2D eigenvalue weighted by atomic mass is 32.2. The molecule has 1 heterocycles. The van der Waals surface area contributed by atoms with Gasteiger partial charge in [0.05, 0.1) is 11.8 Å². The molecule has 0 amide bonds. The van der Waals surface area contributed by atoms with Crippen LogP contribution in [0, 0.1) is 17.3 Å². The molecule has 26 heavy (non-hydrogen) atoms. The number of hydrogen-bond acceptors (Lipinski definition) is 3. The molecule has 0 aromatic heterocycles.